The molecule has 0 bridgehead atoms. The molecule has 1 heterocycles. The van der Waals surface area contributed by atoms with Crippen molar-refractivity contribution >= 4 is 33.1 Å². The fraction of sp³-hybridized carbons (Fsp3) is 0.333. The molecular formula is C15H20N4O5S. The lowest BCUT2D eigenvalue weighted by molar-refractivity contribution is -0.116. The first-order valence-corrected chi connectivity index (χ1v) is 9.23. The third kappa shape index (κ3) is 5.38. The average molecular weight is 368 g/mol. The van der Waals surface area contributed by atoms with Crippen molar-refractivity contribution < 1.29 is 22.5 Å². The fourth-order valence-electron chi connectivity index (χ4n) is 2.05. The van der Waals surface area contributed by atoms with Gasteiger partial charge in [0.1, 0.15) is 17.6 Å². The number of sulfonamides is 1. The summed E-state index contributed by atoms with van der Waals surface area (Å²) in [6.45, 7) is 3.38. The zero-order chi connectivity index (χ0) is 18.6. The Kier molecular flexibility index (Phi) is 5.52. The second-order valence-corrected chi connectivity index (χ2v) is 7.22. The summed E-state index contributed by atoms with van der Waals surface area (Å²) in [4.78, 5) is 12.2. The molecule has 0 spiro atoms. The van der Waals surface area contributed by atoms with Gasteiger partial charge in [-0.2, -0.15) is 0 Å². The summed E-state index contributed by atoms with van der Waals surface area (Å²) in [5, 5.41) is 9.30. The minimum absolute atomic E-state index is 0.273. The molecule has 1 aromatic heterocycles. The van der Waals surface area contributed by atoms with E-state index in [4.69, 9.17) is 9.26 Å². The van der Waals surface area contributed by atoms with Gasteiger partial charge in [-0.15, -0.1) is 0 Å². The van der Waals surface area contributed by atoms with Crippen LogP contribution in [-0.2, 0) is 14.8 Å². The molecule has 0 radical (unpaired) electrons. The molecule has 25 heavy (non-hydrogen) atoms. The smallest absolute Gasteiger partial charge is 0.247 e. The minimum Gasteiger partial charge on any atom is -0.495 e. The van der Waals surface area contributed by atoms with Crippen LogP contribution in [0.25, 0.3) is 0 Å². The lowest BCUT2D eigenvalue weighted by Crippen LogP contribution is -2.32. The number of aryl methyl sites for hydroxylation is 1. The molecule has 0 fully saturated rings. The standard InChI is InChI=1S/C15H20N4O5S/c1-9-7-14(18-24-9)17-15(20)10(2)16-11-5-6-13(23-3)12(8-11)19-25(4,21)22/h5-8,10,16,19H,1-4H3,(H,17,18,20)/t10-/m0/s1. The maximum atomic E-state index is 12.2. The lowest BCUT2D eigenvalue weighted by atomic mass is 10.2. The topological polar surface area (TPSA) is 123 Å². The number of methoxy groups -OCH3 is 1. The van der Waals surface area contributed by atoms with Gasteiger partial charge in [0.2, 0.25) is 15.9 Å². The van der Waals surface area contributed by atoms with Crippen molar-refractivity contribution in [3.8, 4) is 5.75 Å². The molecule has 0 unspecified atom stereocenters. The second-order valence-electron chi connectivity index (χ2n) is 5.47. The Morgan fingerprint density at radius 2 is 2.04 bits per heavy atom. The third-order valence-electron chi connectivity index (χ3n) is 3.15. The molecule has 1 aromatic carbocycles. The summed E-state index contributed by atoms with van der Waals surface area (Å²) in [6, 6.07) is 5.82. The van der Waals surface area contributed by atoms with Crippen molar-refractivity contribution in [2.24, 2.45) is 0 Å². The highest BCUT2D eigenvalue weighted by atomic mass is 32.2. The summed E-state index contributed by atoms with van der Waals surface area (Å²) >= 11 is 0. The number of carbonyl (C=O) groups is 1. The van der Waals surface area contributed by atoms with Gasteiger partial charge < -0.3 is 19.9 Å². The van der Waals surface area contributed by atoms with E-state index in [1.807, 2.05) is 0 Å². The number of hydrogen-bond donors (Lipinski definition) is 3. The number of ether oxygens (including phenoxy) is 1. The van der Waals surface area contributed by atoms with E-state index in [0.29, 0.717) is 23.0 Å². The van der Waals surface area contributed by atoms with E-state index in [9.17, 15) is 13.2 Å². The highest BCUT2D eigenvalue weighted by Crippen LogP contribution is 2.28. The van der Waals surface area contributed by atoms with Crippen LogP contribution < -0.4 is 20.1 Å². The van der Waals surface area contributed by atoms with Crippen LogP contribution in [0.2, 0.25) is 0 Å². The first kappa shape index (κ1) is 18.6. The molecule has 0 saturated carbocycles. The van der Waals surface area contributed by atoms with Gasteiger partial charge in [0.15, 0.2) is 5.82 Å². The maximum absolute atomic E-state index is 12.2. The third-order valence-corrected chi connectivity index (χ3v) is 3.74. The van der Waals surface area contributed by atoms with Gasteiger partial charge in [-0.1, -0.05) is 5.16 Å². The Morgan fingerprint density at radius 3 is 2.60 bits per heavy atom. The number of carbonyl (C=O) groups excluding carboxylic acids is 1. The Morgan fingerprint density at radius 1 is 1.32 bits per heavy atom. The number of benzene rings is 1. The first-order valence-electron chi connectivity index (χ1n) is 7.34. The van der Waals surface area contributed by atoms with Crippen LogP contribution in [0.1, 0.15) is 12.7 Å². The molecule has 10 heteroatoms. The van der Waals surface area contributed by atoms with Gasteiger partial charge in [0.05, 0.1) is 19.1 Å². The molecule has 0 aliphatic heterocycles. The molecule has 2 rings (SSSR count). The van der Waals surface area contributed by atoms with E-state index >= 15 is 0 Å². The minimum atomic E-state index is -3.47. The van der Waals surface area contributed by atoms with Crippen molar-refractivity contribution in [2.45, 2.75) is 19.9 Å². The second kappa shape index (κ2) is 7.43. The summed E-state index contributed by atoms with van der Waals surface area (Å²) in [6.07, 6.45) is 1.04. The highest BCUT2D eigenvalue weighted by Gasteiger charge is 2.16. The average Bonchev–Trinajstić information content (AvgIpc) is 2.91. The van der Waals surface area contributed by atoms with E-state index in [2.05, 4.69) is 20.5 Å². The first-order chi connectivity index (χ1) is 11.7. The van der Waals surface area contributed by atoms with E-state index in [-0.39, 0.29) is 11.6 Å². The number of anilines is 3. The van der Waals surface area contributed by atoms with E-state index in [1.54, 1.807) is 38.1 Å². The van der Waals surface area contributed by atoms with E-state index in [1.165, 1.54) is 7.11 Å². The van der Waals surface area contributed by atoms with Crippen molar-refractivity contribution in [2.75, 3.05) is 28.7 Å². The number of amides is 1. The Balaban J connectivity index is 2.10. The van der Waals surface area contributed by atoms with Crippen LogP contribution in [0.4, 0.5) is 17.2 Å². The molecule has 9 nitrogen and oxygen atoms in total. The van der Waals surface area contributed by atoms with Crippen molar-refractivity contribution in [3.05, 3.63) is 30.0 Å². The van der Waals surface area contributed by atoms with Gasteiger partial charge in [-0.05, 0) is 32.0 Å². The SMILES string of the molecule is COc1ccc(N[C@@H](C)C(=O)Nc2cc(C)on2)cc1NS(C)(=O)=O. The number of nitrogens with one attached hydrogen (secondary N) is 3. The summed E-state index contributed by atoms with van der Waals surface area (Å²) in [7, 11) is -2.03. The zero-order valence-electron chi connectivity index (χ0n) is 14.3. The zero-order valence-corrected chi connectivity index (χ0v) is 15.1. The van der Waals surface area contributed by atoms with Crippen molar-refractivity contribution in [1.29, 1.82) is 0 Å². The number of hydrogen-bond acceptors (Lipinski definition) is 7. The molecule has 0 aliphatic carbocycles. The normalized spacial score (nSPS) is 12.3. The summed E-state index contributed by atoms with van der Waals surface area (Å²) in [5.74, 6) is 0.959. The summed E-state index contributed by atoms with van der Waals surface area (Å²) < 4.78 is 35.3. The van der Waals surface area contributed by atoms with Gasteiger partial charge >= 0.3 is 0 Å². The fourth-order valence-corrected chi connectivity index (χ4v) is 2.61. The molecule has 1 atom stereocenters. The van der Waals surface area contributed by atoms with Gasteiger partial charge in [0.25, 0.3) is 0 Å². The molecule has 136 valence electrons. The van der Waals surface area contributed by atoms with Crippen LogP contribution in [0.15, 0.2) is 28.8 Å². The van der Waals surface area contributed by atoms with Crippen LogP contribution in [0.5, 0.6) is 5.75 Å². The van der Waals surface area contributed by atoms with Gasteiger partial charge in [-0.3, -0.25) is 9.52 Å². The number of aromatic nitrogens is 1. The predicted octanol–water partition coefficient (Wildman–Crippen LogP) is 1.80. The van der Waals surface area contributed by atoms with E-state index in [0.717, 1.165) is 6.26 Å². The van der Waals surface area contributed by atoms with Crippen LogP contribution in [0.3, 0.4) is 0 Å². The van der Waals surface area contributed by atoms with Crippen molar-refractivity contribution in [1.82, 2.24) is 5.16 Å². The molecule has 0 aliphatic rings. The monoisotopic (exact) mass is 368 g/mol. The van der Waals surface area contributed by atoms with Gasteiger partial charge in [-0.25, -0.2) is 8.42 Å². The molecule has 3 N–H and O–H groups in total. The number of nitrogens with zero attached hydrogens (tertiary/aromatic N) is 1. The maximum Gasteiger partial charge on any atom is 0.247 e. The summed E-state index contributed by atoms with van der Waals surface area (Å²) in [5.41, 5.74) is 0.820. The van der Waals surface area contributed by atoms with Crippen LogP contribution in [0, 0.1) is 6.92 Å². The Bertz CT molecular complexity index is 863. The van der Waals surface area contributed by atoms with Crippen LogP contribution in [-0.4, -0.2) is 38.9 Å². The molecular weight excluding hydrogens is 348 g/mol. The molecule has 1 amide bonds. The van der Waals surface area contributed by atoms with E-state index < -0.39 is 16.1 Å². The highest BCUT2D eigenvalue weighted by molar-refractivity contribution is 7.92. The Labute approximate surface area is 145 Å². The van der Waals surface area contributed by atoms with Crippen molar-refractivity contribution in [3.63, 3.8) is 0 Å². The quantitative estimate of drug-likeness (QED) is 0.681. The van der Waals surface area contributed by atoms with Gasteiger partial charge in [0, 0.05) is 11.8 Å². The lowest BCUT2D eigenvalue weighted by Gasteiger charge is -2.16. The molecule has 0 saturated heterocycles. The Hall–Kier alpha value is -2.75. The molecule has 2 aromatic rings. The largest absolute Gasteiger partial charge is 0.495 e. The van der Waals surface area contributed by atoms with Crippen LogP contribution >= 0.6 is 0 Å². The predicted molar refractivity (Wildman–Crippen MR) is 94.4 cm³/mol. The number of rotatable bonds is 7.